The van der Waals surface area contributed by atoms with Crippen LogP contribution < -0.4 is 27.3 Å². The van der Waals surface area contributed by atoms with Gasteiger partial charge in [-0.25, -0.2) is 0 Å². The Balaban J connectivity index is 0.000000516. The van der Waals surface area contributed by atoms with E-state index in [9.17, 15) is 14.7 Å². The first kappa shape index (κ1) is 24.4. The maximum absolute atomic E-state index is 10.7. The van der Waals surface area contributed by atoms with Crippen LogP contribution in [0, 0.1) is 5.92 Å². The zero-order valence-electron chi connectivity index (χ0n) is 16.3. The zero-order valence-corrected chi connectivity index (χ0v) is 16.3. The molecule has 0 heterocycles. The average Bonchev–Trinajstić information content (AvgIpc) is 2.58. The second-order valence-corrected chi connectivity index (χ2v) is 6.85. The molecule has 0 saturated heterocycles. The molecule has 0 spiro atoms. The molecular formula is C19H32N4O4. The minimum Gasteiger partial charge on any atom is -0.550 e. The third-order valence-corrected chi connectivity index (χ3v) is 3.82. The van der Waals surface area contributed by atoms with Crippen LogP contribution in [-0.2, 0) is 16.0 Å². The highest BCUT2D eigenvalue weighted by molar-refractivity contribution is 5.73. The molecule has 0 aliphatic carbocycles. The third kappa shape index (κ3) is 11.6. The van der Waals surface area contributed by atoms with Gasteiger partial charge in [-0.1, -0.05) is 45.0 Å². The van der Waals surface area contributed by atoms with Crippen LogP contribution in [-0.4, -0.2) is 35.6 Å². The van der Waals surface area contributed by atoms with Crippen molar-refractivity contribution in [2.75, 3.05) is 6.54 Å². The predicted octanol–water partition coefficient (Wildman–Crippen LogP) is -1.73. The molecule has 0 aliphatic rings. The van der Waals surface area contributed by atoms with E-state index in [0.29, 0.717) is 25.3 Å². The second kappa shape index (κ2) is 12.7. The van der Waals surface area contributed by atoms with Crippen LogP contribution in [0.3, 0.4) is 0 Å². The van der Waals surface area contributed by atoms with E-state index in [-0.39, 0.29) is 5.96 Å². The molecule has 0 aromatic heterocycles. The highest BCUT2D eigenvalue weighted by Gasteiger charge is 2.09. The summed E-state index contributed by atoms with van der Waals surface area (Å²) in [6, 6.07) is 6.94. The summed E-state index contributed by atoms with van der Waals surface area (Å²) in [5, 5.41) is 19.0. The van der Waals surface area contributed by atoms with Crippen LogP contribution in [0.25, 0.3) is 0 Å². The number of rotatable bonds is 9. The van der Waals surface area contributed by atoms with E-state index in [1.54, 1.807) is 6.92 Å². The fourth-order valence-electron chi connectivity index (χ4n) is 2.23. The standard InChI is InChI=1S/C13H18O2.C6H14N4O2/c1-9(2)8-11-4-6-12(7-5-11)10(3)13(14)15;7-4(5(11)12)2-1-3-10-6(8)9/h4-7,9-10H,8H2,1-3H3,(H,14,15);4H,1-3,7H2,(H,11,12)(H4,8,9,10)/t;4-/m.0/s1. The van der Waals surface area contributed by atoms with E-state index in [2.05, 4.69) is 18.8 Å². The topological polar surface area (TPSA) is 169 Å². The van der Waals surface area contributed by atoms with Crippen LogP contribution >= 0.6 is 0 Å². The van der Waals surface area contributed by atoms with Gasteiger partial charge in [0.05, 0.1) is 6.54 Å². The first-order valence-electron chi connectivity index (χ1n) is 8.94. The van der Waals surface area contributed by atoms with Crippen LogP contribution in [0.1, 0.15) is 50.7 Å². The Hall–Kier alpha value is -2.61. The molecule has 2 atom stereocenters. The Labute approximate surface area is 160 Å². The van der Waals surface area contributed by atoms with E-state index >= 15 is 0 Å². The van der Waals surface area contributed by atoms with Gasteiger partial charge in [0.2, 0.25) is 0 Å². The number of hydrogen-bond donors (Lipinski definition) is 5. The highest BCUT2D eigenvalue weighted by Crippen LogP contribution is 2.16. The summed E-state index contributed by atoms with van der Waals surface area (Å²) in [5.74, 6) is -1.78. The Morgan fingerprint density at radius 3 is 2.11 bits per heavy atom. The summed E-state index contributed by atoms with van der Waals surface area (Å²) in [4.78, 5) is 23.5. The first-order valence-corrected chi connectivity index (χ1v) is 8.94. The molecule has 1 rings (SSSR count). The van der Waals surface area contributed by atoms with E-state index in [4.69, 9.17) is 22.3 Å². The van der Waals surface area contributed by atoms with Crippen LogP contribution in [0.2, 0.25) is 0 Å². The molecule has 152 valence electrons. The number of carboxylic acid groups (broad SMARTS) is 2. The molecule has 0 fully saturated rings. The summed E-state index contributed by atoms with van der Waals surface area (Å²) < 4.78 is 0. The Kier molecular flexibility index (Phi) is 11.5. The van der Waals surface area contributed by atoms with E-state index in [1.807, 2.05) is 24.3 Å². The third-order valence-electron chi connectivity index (χ3n) is 3.82. The summed E-state index contributed by atoms with van der Waals surface area (Å²) in [6.07, 6.45) is 2.07. The minimum atomic E-state index is -1.02. The molecule has 8 nitrogen and oxygen atoms in total. The molecule has 0 bridgehead atoms. The molecule has 27 heavy (non-hydrogen) atoms. The van der Waals surface area contributed by atoms with Crippen LogP contribution in [0.15, 0.2) is 24.3 Å². The summed E-state index contributed by atoms with van der Waals surface area (Å²) in [6.45, 7) is 6.52. The number of hydrogen-bond acceptors (Lipinski definition) is 4. The Morgan fingerprint density at radius 1 is 1.15 bits per heavy atom. The van der Waals surface area contributed by atoms with Crippen molar-refractivity contribution >= 4 is 17.9 Å². The van der Waals surface area contributed by atoms with Crippen molar-refractivity contribution in [2.45, 2.75) is 52.0 Å². The highest BCUT2D eigenvalue weighted by atomic mass is 16.4. The van der Waals surface area contributed by atoms with Crippen LogP contribution in [0.5, 0.6) is 0 Å². The van der Waals surface area contributed by atoms with Gasteiger partial charge in [0, 0.05) is 11.9 Å². The maximum Gasteiger partial charge on any atom is 0.338 e. The van der Waals surface area contributed by atoms with Gasteiger partial charge in [0.1, 0.15) is 6.04 Å². The van der Waals surface area contributed by atoms with Gasteiger partial charge in [0.15, 0.2) is 0 Å². The fourth-order valence-corrected chi connectivity index (χ4v) is 2.23. The number of nitrogens with one attached hydrogen (secondary N) is 1. The summed E-state index contributed by atoms with van der Waals surface area (Å²) in [7, 11) is 0. The lowest BCUT2D eigenvalue weighted by Gasteiger charge is -2.13. The SMILES string of the molecule is CC(C)Cc1ccc(C(C)C(=O)[O-])cc1.NC(N)=[NH+]CCC[C@H](N)C(=O)O. The van der Waals surface area contributed by atoms with Crippen molar-refractivity contribution in [3.63, 3.8) is 0 Å². The molecule has 0 amide bonds. The van der Waals surface area contributed by atoms with Gasteiger partial charge in [-0.3, -0.25) is 21.3 Å². The molecule has 8 heteroatoms. The summed E-state index contributed by atoms with van der Waals surface area (Å²) >= 11 is 0. The fraction of sp³-hybridized carbons (Fsp3) is 0.526. The number of nitrogens with two attached hydrogens (primary N) is 3. The molecule has 0 aliphatic heterocycles. The Morgan fingerprint density at radius 2 is 1.70 bits per heavy atom. The van der Waals surface area contributed by atoms with Crippen molar-refractivity contribution in [1.82, 2.24) is 0 Å². The maximum atomic E-state index is 10.7. The largest absolute Gasteiger partial charge is 0.550 e. The van der Waals surface area contributed by atoms with Crippen LogP contribution in [0.4, 0.5) is 0 Å². The number of aliphatic carboxylic acids is 2. The normalized spacial score (nSPS) is 12.5. The van der Waals surface area contributed by atoms with Gasteiger partial charge in [0.25, 0.3) is 0 Å². The zero-order chi connectivity index (χ0) is 21.0. The number of guanidine groups is 1. The van der Waals surface area contributed by atoms with Crippen molar-refractivity contribution < 1.29 is 24.8 Å². The minimum absolute atomic E-state index is 0.138. The quantitative estimate of drug-likeness (QED) is 0.192. The number of carboxylic acids is 2. The number of benzene rings is 1. The van der Waals surface area contributed by atoms with Crippen molar-refractivity contribution in [1.29, 1.82) is 0 Å². The van der Waals surface area contributed by atoms with E-state index in [0.717, 1.165) is 12.0 Å². The number of carbonyl (C=O) groups is 2. The van der Waals surface area contributed by atoms with Gasteiger partial charge in [-0.15, -0.1) is 0 Å². The molecule has 1 aromatic carbocycles. The molecule has 8 N–H and O–H groups in total. The van der Waals surface area contributed by atoms with Gasteiger partial charge in [-0.2, -0.15) is 0 Å². The lowest BCUT2D eigenvalue weighted by Crippen LogP contribution is -2.78. The van der Waals surface area contributed by atoms with E-state index in [1.165, 1.54) is 5.56 Å². The summed E-state index contributed by atoms with van der Waals surface area (Å²) in [5.41, 5.74) is 17.5. The molecule has 0 radical (unpaired) electrons. The second-order valence-electron chi connectivity index (χ2n) is 6.85. The smallest absolute Gasteiger partial charge is 0.338 e. The van der Waals surface area contributed by atoms with Gasteiger partial charge >= 0.3 is 11.9 Å². The van der Waals surface area contributed by atoms with E-state index < -0.39 is 23.9 Å². The average molecular weight is 380 g/mol. The monoisotopic (exact) mass is 380 g/mol. The lowest BCUT2D eigenvalue weighted by atomic mass is 9.97. The molecule has 0 saturated carbocycles. The molecular weight excluding hydrogens is 348 g/mol. The molecule has 1 aromatic rings. The molecule has 1 unspecified atom stereocenters. The van der Waals surface area contributed by atoms with Crippen molar-refractivity contribution in [3.8, 4) is 0 Å². The Bertz CT molecular complexity index is 611. The lowest BCUT2D eigenvalue weighted by molar-refractivity contribution is -0.459. The van der Waals surface area contributed by atoms with Crippen molar-refractivity contribution in [3.05, 3.63) is 35.4 Å². The van der Waals surface area contributed by atoms with Gasteiger partial charge in [-0.05, 0) is 36.3 Å². The first-order chi connectivity index (χ1) is 12.5. The number of carbonyl (C=O) groups excluding carboxylic acids is 1. The van der Waals surface area contributed by atoms with Crippen molar-refractivity contribution in [2.24, 2.45) is 23.1 Å². The predicted molar refractivity (Wildman–Crippen MR) is 102 cm³/mol. The van der Waals surface area contributed by atoms with Gasteiger partial charge < -0.3 is 20.7 Å².